The average molecular weight is 257 g/mol. The van der Waals surface area contributed by atoms with Crippen LogP contribution in [0.15, 0.2) is 47.1 Å². The second-order valence-corrected chi connectivity index (χ2v) is 5.12. The van der Waals surface area contributed by atoms with Crippen molar-refractivity contribution in [1.29, 1.82) is 0 Å². The van der Waals surface area contributed by atoms with Gasteiger partial charge in [-0.3, -0.25) is 0 Å². The first-order chi connectivity index (χ1) is 9.33. The SMILES string of the molecule is CC(Cc1ccco1)NC1COCc2ccccc21. The molecular formula is C16H19NO2. The van der Waals surface area contributed by atoms with Gasteiger partial charge in [0.05, 0.1) is 25.5 Å². The standard InChI is InChI=1S/C16H19NO2/c1-12(9-14-6-4-8-19-14)17-16-11-18-10-13-5-2-3-7-15(13)16/h2-8,12,16-17H,9-11H2,1H3. The molecule has 1 aromatic heterocycles. The van der Waals surface area contributed by atoms with Gasteiger partial charge in [0.2, 0.25) is 0 Å². The van der Waals surface area contributed by atoms with Crippen LogP contribution in [-0.2, 0) is 17.8 Å². The molecule has 1 N–H and O–H groups in total. The Labute approximate surface area is 113 Å². The number of rotatable bonds is 4. The van der Waals surface area contributed by atoms with E-state index in [2.05, 4.69) is 36.5 Å². The molecule has 3 heteroatoms. The quantitative estimate of drug-likeness (QED) is 0.914. The zero-order chi connectivity index (χ0) is 13.1. The van der Waals surface area contributed by atoms with Crippen molar-refractivity contribution in [1.82, 2.24) is 5.32 Å². The Morgan fingerprint density at radius 2 is 2.16 bits per heavy atom. The zero-order valence-electron chi connectivity index (χ0n) is 11.1. The highest BCUT2D eigenvalue weighted by molar-refractivity contribution is 5.31. The van der Waals surface area contributed by atoms with Gasteiger partial charge in [-0.25, -0.2) is 0 Å². The third-order valence-corrected chi connectivity index (χ3v) is 3.55. The van der Waals surface area contributed by atoms with E-state index in [4.69, 9.17) is 9.15 Å². The molecule has 1 aliphatic heterocycles. The van der Waals surface area contributed by atoms with Crippen molar-refractivity contribution in [2.24, 2.45) is 0 Å². The van der Waals surface area contributed by atoms with E-state index in [1.165, 1.54) is 11.1 Å². The van der Waals surface area contributed by atoms with E-state index >= 15 is 0 Å². The second kappa shape index (κ2) is 5.59. The van der Waals surface area contributed by atoms with Crippen LogP contribution in [-0.4, -0.2) is 12.6 Å². The Morgan fingerprint density at radius 1 is 1.26 bits per heavy atom. The van der Waals surface area contributed by atoms with Crippen molar-refractivity contribution in [2.45, 2.75) is 32.0 Å². The molecule has 0 saturated heterocycles. The lowest BCUT2D eigenvalue weighted by molar-refractivity contribution is 0.0789. The fraction of sp³-hybridized carbons (Fsp3) is 0.375. The summed E-state index contributed by atoms with van der Waals surface area (Å²) in [6.45, 7) is 3.64. The van der Waals surface area contributed by atoms with Gasteiger partial charge in [-0.1, -0.05) is 24.3 Å². The van der Waals surface area contributed by atoms with E-state index in [1.807, 2.05) is 12.1 Å². The summed E-state index contributed by atoms with van der Waals surface area (Å²) in [7, 11) is 0. The third kappa shape index (κ3) is 2.88. The van der Waals surface area contributed by atoms with Crippen LogP contribution in [0, 0.1) is 0 Å². The van der Waals surface area contributed by atoms with Crippen molar-refractivity contribution < 1.29 is 9.15 Å². The van der Waals surface area contributed by atoms with E-state index in [-0.39, 0.29) is 6.04 Å². The molecule has 2 unspecified atom stereocenters. The maximum Gasteiger partial charge on any atom is 0.105 e. The van der Waals surface area contributed by atoms with Crippen molar-refractivity contribution in [2.75, 3.05) is 6.61 Å². The molecule has 3 nitrogen and oxygen atoms in total. The molecule has 0 bridgehead atoms. The number of benzene rings is 1. The molecule has 0 aliphatic carbocycles. The minimum absolute atomic E-state index is 0.273. The largest absolute Gasteiger partial charge is 0.469 e. The number of nitrogens with one attached hydrogen (secondary N) is 1. The molecule has 0 amide bonds. The summed E-state index contributed by atoms with van der Waals surface area (Å²) in [5.74, 6) is 1.02. The van der Waals surface area contributed by atoms with Gasteiger partial charge in [0.25, 0.3) is 0 Å². The fourth-order valence-corrected chi connectivity index (χ4v) is 2.65. The summed E-state index contributed by atoms with van der Waals surface area (Å²) in [6.07, 6.45) is 2.62. The van der Waals surface area contributed by atoms with Crippen molar-refractivity contribution in [3.05, 3.63) is 59.5 Å². The van der Waals surface area contributed by atoms with E-state index in [9.17, 15) is 0 Å². The molecular weight excluding hydrogens is 238 g/mol. The van der Waals surface area contributed by atoms with E-state index in [0.717, 1.165) is 25.4 Å². The number of hydrogen-bond acceptors (Lipinski definition) is 3. The average Bonchev–Trinajstić information content (AvgIpc) is 2.92. The van der Waals surface area contributed by atoms with Crippen LogP contribution >= 0.6 is 0 Å². The second-order valence-electron chi connectivity index (χ2n) is 5.12. The normalized spacial score (nSPS) is 19.9. The van der Waals surface area contributed by atoms with Gasteiger partial charge in [0, 0.05) is 12.5 Å². The van der Waals surface area contributed by atoms with Crippen LogP contribution in [0.1, 0.15) is 29.9 Å². The lowest BCUT2D eigenvalue weighted by atomic mass is 9.98. The highest BCUT2D eigenvalue weighted by Crippen LogP contribution is 2.25. The molecule has 0 saturated carbocycles. The van der Waals surface area contributed by atoms with Crippen LogP contribution in [0.3, 0.4) is 0 Å². The highest BCUT2D eigenvalue weighted by atomic mass is 16.5. The summed E-state index contributed by atoms with van der Waals surface area (Å²) in [6, 6.07) is 13.1. The van der Waals surface area contributed by atoms with Gasteiger partial charge in [-0.15, -0.1) is 0 Å². The first-order valence-electron chi connectivity index (χ1n) is 6.77. The molecule has 2 heterocycles. The van der Waals surface area contributed by atoms with Crippen molar-refractivity contribution >= 4 is 0 Å². The molecule has 19 heavy (non-hydrogen) atoms. The minimum atomic E-state index is 0.273. The van der Waals surface area contributed by atoms with Crippen LogP contribution in [0.25, 0.3) is 0 Å². The lowest BCUT2D eigenvalue weighted by Gasteiger charge is -2.29. The summed E-state index contributed by atoms with van der Waals surface area (Å²) < 4.78 is 11.1. The first kappa shape index (κ1) is 12.5. The zero-order valence-corrected chi connectivity index (χ0v) is 11.1. The van der Waals surface area contributed by atoms with Crippen LogP contribution in [0.2, 0.25) is 0 Å². The van der Waals surface area contributed by atoms with Gasteiger partial charge in [-0.2, -0.15) is 0 Å². The predicted molar refractivity (Wildman–Crippen MR) is 73.8 cm³/mol. The summed E-state index contributed by atoms with van der Waals surface area (Å²) in [5, 5.41) is 3.63. The summed E-state index contributed by atoms with van der Waals surface area (Å²) in [4.78, 5) is 0. The van der Waals surface area contributed by atoms with Gasteiger partial charge in [0.1, 0.15) is 5.76 Å². The number of hydrogen-bond donors (Lipinski definition) is 1. The van der Waals surface area contributed by atoms with Crippen LogP contribution in [0.4, 0.5) is 0 Å². The topological polar surface area (TPSA) is 34.4 Å². The molecule has 2 aromatic rings. The predicted octanol–water partition coefficient (Wildman–Crippen LogP) is 3.07. The first-order valence-corrected chi connectivity index (χ1v) is 6.77. The number of ether oxygens (including phenoxy) is 1. The molecule has 1 aromatic carbocycles. The number of fused-ring (bicyclic) bond motifs is 1. The Morgan fingerprint density at radius 3 is 3.00 bits per heavy atom. The van der Waals surface area contributed by atoms with Crippen LogP contribution in [0.5, 0.6) is 0 Å². The number of furan rings is 1. The van der Waals surface area contributed by atoms with Gasteiger partial charge < -0.3 is 14.5 Å². The van der Waals surface area contributed by atoms with Gasteiger partial charge >= 0.3 is 0 Å². The monoisotopic (exact) mass is 257 g/mol. The van der Waals surface area contributed by atoms with E-state index in [0.29, 0.717) is 6.04 Å². The Bertz CT molecular complexity index is 521. The minimum Gasteiger partial charge on any atom is -0.469 e. The Balaban J connectivity index is 1.67. The van der Waals surface area contributed by atoms with E-state index in [1.54, 1.807) is 6.26 Å². The highest BCUT2D eigenvalue weighted by Gasteiger charge is 2.21. The molecule has 0 radical (unpaired) electrons. The molecule has 0 spiro atoms. The Hall–Kier alpha value is -1.58. The molecule has 100 valence electrons. The van der Waals surface area contributed by atoms with Gasteiger partial charge in [-0.05, 0) is 30.2 Å². The molecule has 3 rings (SSSR count). The molecule has 1 aliphatic rings. The molecule has 0 fully saturated rings. The van der Waals surface area contributed by atoms with Gasteiger partial charge in [0.15, 0.2) is 0 Å². The summed E-state index contributed by atoms with van der Waals surface area (Å²) in [5.41, 5.74) is 2.65. The smallest absolute Gasteiger partial charge is 0.105 e. The maximum absolute atomic E-state index is 5.66. The fourth-order valence-electron chi connectivity index (χ4n) is 2.65. The molecule has 2 atom stereocenters. The van der Waals surface area contributed by atoms with Crippen molar-refractivity contribution in [3.8, 4) is 0 Å². The maximum atomic E-state index is 5.66. The Kier molecular flexibility index (Phi) is 3.67. The lowest BCUT2D eigenvalue weighted by Crippen LogP contribution is -2.36. The van der Waals surface area contributed by atoms with Crippen LogP contribution < -0.4 is 5.32 Å². The summed E-state index contributed by atoms with van der Waals surface area (Å²) >= 11 is 0. The van der Waals surface area contributed by atoms with E-state index < -0.39 is 0 Å². The van der Waals surface area contributed by atoms with Crippen molar-refractivity contribution in [3.63, 3.8) is 0 Å². The third-order valence-electron chi connectivity index (χ3n) is 3.55.